The van der Waals surface area contributed by atoms with E-state index in [9.17, 15) is 18.0 Å². The number of thiophene rings is 1. The molecule has 3 aromatic rings. The minimum atomic E-state index is -4.32. The first-order valence-corrected chi connectivity index (χ1v) is 12.4. The van der Waals surface area contributed by atoms with E-state index in [2.05, 4.69) is 0 Å². The molecule has 0 spiro atoms. The first-order chi connectivity index (χ1) is 15.7. The third kappa shape index (κ3) is 3.73. The van der Waals surface area contributed by atoms with E-state index >= 15 is 0 Å². The molecule has 1 aliphatic rings. The number of sulfonamides is 1. The molecular weight excluding hydrogens is 488 g/mol. The zero-order valence-electron chi connectivity index (χ0n) is 17.6. The molecule has 0 saturated heterocycles. The van der Waals surface area contributed by atoms with E-state index in [1.807, 2.05) is 0 Å². The molecule has 1 aromatic heterocycles. The van der Waals surface area contributed by atoms with Crippen molar-refractivity contribution in [3.63, 3.8) is 0 Å². The van der Waals surface area contributed by atoms with Crippen LogP contribution in [0.2, 0.25) is 4.34 Å². The van der Waals surface area contributed by atoms with Crippen LogP contribution in [0.4, 0.5) is 5.69 Å². The van der Waals surface area contributed by atoms with Crippen LogP contribution in [0.15, 0.2) is 52.7 Å². The largest absolute Gasteiger partial charge is 0.496 e. The average molecular weight is 507 g/mol. The molecule has 1 atom stereocenters. The summed E-state index contributed by atoms with van der Waals surface area (Å²) in [5, 5.41) is 0. The second-order valence-corrected chi connectivity index (χ2v) is 10.7. The molecule has 0 saturated carbocycles. The molecule has 11 heteroatoms. The van der Waals surface area contributed by atoms with Gasteiger partial charge in [-0.3, -0.25) is 9.59 Å². The number of rotatable bonds is 7. The van der Waals surface area contributed by atoms with Crippen molar-refractivity contribution in [1.82, 2.24) is 0 Å². The Morgan fingerprint density at radius 1 is 1.15 bits per heavy atom. The van der Waals surface area contributed by atoms with Gasteiger partial charge in [0, 0.05) is 11.1 Å². The number of nitrogens with zero attached hydrogens (tertiary/aromatic N) is 1. The highest BCUT2D eigenvalue weighted by Crippen LogP contribution is 2.50. The number of hydrogen-bond acceptors (Lipinski definition) is 7. The lowest BCUT2D eigenvalue weighted by molar-refractivity contribution is -0.117. The second kappa shape index (κ2) is 8.69. The maximum Gasteiger partial charge on any atom is 0.280 e. The van der Waals surface area contributed by atoms with Crippen molar-refractivity contribution in [2.75, 3.05) is 18.0 Å². The Bertz CT molecular complexity index is 1370. The molecule has 0 aliphatic carbocycles. The van der Waals surface area contributed by atoms with Gasteiger partial charge in [0.15, 0.2) is 0 Å². The lowest BCUT2D eigenvalue weighted by atomic mass is 9.88. The minimum absolute atomic E-state index is 0.0235. The van der Waals surface area contributed by atoms with Gasteiger partial charge in [0.05, 0.1) is 35.2 Å². The molecule has 4 rings (SSSR count). The highest BCUT2D eigenvalue weighted by molar-refractivity contribution is 7.95. The van der Waals surface area contributed by atoms with Crippen LogP contribution < -0.4 is 19.5 Å². The number of halogens is 1. The van der Waals surface area contributed by atoms with Crippen molar-refractivity contribution in [3.05, 3.63) is 69.6 Å². The van der Waals surface area contributed by atoms with Crippen molar-refractivity contribution in [2.45, 2.75) is 17.1 Å². The molecule has 8 nitrogen and oxygen atoms in total. The lowest BCUT2D eigenvalue weighted by Gasteiger charge is -2.18. The number of carbonyl (C=O) groups excluding carboxylic acids is 2. The molecule has 2 heterocycles. The van der Waals surface area contributed by atoms with Gasteiger partial charge in [-0.2, -0.15) is 8.42 Å². The quantitative estimate of drug-likeness (QED) is 0.521. The predicted molar refractivity (Wildman–Crippen MR) is 125 cm³/mol. The van der Waals surface area contributed by atoms with Crippen molar-refractivity contribution >= 4 is 50.5 Å². The Morgan fingerprint density at radius 2 is 1.88 bits per heavy atom. The number of benzene rings is 2. The topological polar surface area (TPSA) is 116 Å². The van der Waals surface area contributed by atoms with E-state index in [1.165, 1.54) is 31.4 Å². The molecule has 0 fully saturated rings. The predicted octanol–water partition coefficient (Wildman–Crippen LogP) is 3.78. The Morgan fingerprint density at radius 3 is 2.48 bits per heavy atom. The number of carbonyl (C=O) groups is 2. The highest BCUT2D eigenvalue weighted by atomic mass is 35.5. The number of nitrogens with two attached hydrogens (primary N) is 1. The van der Waals surface area contributed by atoms with Crippen LogP contribution in [-0.4, -0.2) is 33.9 Å². The number of primary amides is 1. The molecule has 2 aromatic carbocycles. The first-order valence-electron chi connectivity index (χ1n) is 9.79. The van der Waals surface area contributed by atoms with E-state index in [0.29, 0.717) is 22.2 Å². The molecule has 33 heavy (non-hydrogen) atoms. The molecule has 2 amide bonds. The zero-order valence-corrected chi connectivity index (χ0v) is 20.0. The number of amides is 2. The van der Waals surface area contributed by atoms with E-state index in [-0.39, 0.29) is 31.1 Å². The minimum Gasteiger partial charge on any atom is -0.496 e. The summed E-state index contributed by atoms with van der Waals surface area (Å²) in [5.74, 6) is -2.26. The van der Waals surface area contributed by atoms with E-state index < -0.39 is 27.8 Å². The number of anilines is 1. The van der Waals surface area contributed by atoms with E-state index in [0.717, 1.165) is 11.3 Å². The number of hydrogen-bond donors (Lipinski definition) is 1. The number of ether oxygens (including phenoxy) is 2. The van der Waals surface area contributed by atoms with Crippen molar-refractivity contribution in [2.24, 2.45) is 5.73 Å². The van der Waals surface area contributed by atoms with Crippen molar-refractivity contribution in [1.29, 1.82) is 0 Å². The van der Waals surface area contributed by atoms with Crippen LogP contribution in [0.1, 0.15) is 34.3 Å². The Kier molecular flexibility index (Phi) is 6.08. The molecular formula is C22H19ClN2O6S2. The Balaban J connectivity index is 2.04. The average Bonchev–Trinajstić information content (AvgIpc) is 3.34. The van der Waals surface area contributed by atoms with Crippen molar-refractivity contribution < 1.29 is 27.5 Å². The van der Waals surface area contributed by atoms with Gasteiger partial charge in [0.25, 0.3) is 21.8 Å². The van der Waals surface area contributed by atoms with Gasteiger partial charge >= 0.3 is 0 Å². The number of methoxy groups -OCH3 is 1. The van der Waals surface area contributed by atoms with Crippen LogP contribution in [0, 0.1) is 0 Å². The fourth-order valence-corrected chi connectivity index (χ4v) is 6.92. The molecule has 1 unspecified atom stereocenters. The summed E-state index contributed by atoms with van der Waals surface area (Å²) in [6.45, 7) is 2.11. The molecule has 0 radical (unpaired) electrons. The summed E-state index contributed by atoms with van der Waals surface area (Å²) in [4.78, 5) is 26.3. The van der Waals surface area contributed by atoms with Crippen LogP contribution in [0.5, 0.6) is 11.5 Å². The van der Waals surface area contributed by atoms with Gasteiger partial charge in [0.2, 0.25) is 0 Å². The lowest BCUT2D eigenvalue weighted by Crippen LogP contribution is -2.35. The summed E-state index contributed by atoms with van der Waals surface area (Å²) < 4.78 is 38.9. The van der Waals surface area contributed by atoms with Gasteiger partial charge in [-0.25, -0.2) is 4.31 Å². The van der Waals surface area contributed by atoms with Crippen molar-refractivity contribution in [3.8, 4) is 11.5 Å². The third-order valence-electron chi connectivity index (χ3n) is 5.18. The molecule has 1 aliphatic heterocycles. The van der Waals surface area contributed by atoms with Gasteiger partial charge in [-0.1, -0.05) is 29.8 Å². The standard InChI is InChI=1S/C22H19ClN2O6S2/c1-3-31-14-7-5-4-6-12(14)18-19-13(8-9-15(30-2)20(19)21(24)26)25(22(18)27)33(28,29)17-11-10-16(23)32-17/h4-11,18H,3H2,1-2H3,(H2,24,26). The maximum absolute atomic E-state index is 13.8. The van der Waals surface area contributed by atoms with Gasteiger partial charge in [-0.15, -0.1) is 11.3 Å². The van der Waals surface area contributed by atoms with Gasteiger partial charge in [-0.05, 0) is 37.3 Å². The van der Waals surface area contributed by atoms with Crippen LogP contribution in [0.3, 0.4) is 0 Å². The maximum atomic E-state index is 13.8. The summed E-state index contributed by atoms with van der Waals surface area (Å²) in [6, 6.07) is 12.4. The van der Waals surface area contributed by atoms with Gasteiger partial charge < -0.3 is 15.2 Å². The second-order valence-electron chi connectivity index (χ2n) is 7.01. The summed E-state index contributed by atoms with van der Waals surface area (Å²) in [5.41, 5.74) is 6.17. The molecule has 172 valence electrons. The summed E-state index contributed by atoms with van der Waals surface area (Å²) in [6.07, 6.45) is 0. The highest BCUT2D eigenvalue weighted by Gasteiger charge is 2.48. The van der Waals surface area contributed by atoms with E-state index in [1.54, 1.807) is 31.2 Å². The zero-order chi connectivity index (χ0) is 23.9. The number of para-hydroxylation sites is 1. The smallest absolute Gasteiger partial charge is 0.280 e. The summed E-state index contributed by atoms with van der Waals surface area (Å²) in [7, 11) is -2.97. The molecule has 0 bridgehead atoms. The van der Waals surface area contributed by atoms with E-state index in [4.69, 9.17) is 26.8 Å². The normalized spacial score (nSPS) is 15.4. The van der Waals surface area contributed by atoms with Crippen LogP contribution >= 0.6 is 22.9 Å². The molecule has 2 N–H and O–H groups in total. The van der Waals surface area contributed by atoms with Gasteiger partial charge in [0.1, 0.15) is 15.7 Å². The fraction of sp³-hybridized carbons (Fsp3) is 0.182. The van der Waals surface area contributed by atoms with Crippen LogP contribution in [0.25, 0.3) is 0 Å². The Labute approximate surface area is 199 Å². The fourth-order valence-electron chi connectivity index (χ4n) is 3.91. The van der Waals surface area contributed by atoms with Crippen LogP contribution in [-0.2, 0) is 14.8 Å². The monoisotopic (exact) mass is 506 g/mol. The summed E-state index contributed by atoms with van der Waals surface area (Å²) >= 11 is 6.78. The SMILES string of the molecule is CCOc1ccccc1C1C(=O)N(S(=O)(=O)c2ccc(Cl)s2)c2ccc(OC)c(C(N)=O)c21. The Hall–Kier alpha value is -3.08. The first kappa shape index (κ1) is 23.1. The third-order valence-corrected chi connectivity index (χ3v) is 8.59. The number of fused-ring (bicyclic) bond motifs is 1.